The minimum atomic E-state index is -1.39. The predicted molar refractivity (Wildman–Crippen MR) is 58.9 cm³/mol. The van der Waals surface area contributed by atoms with Gasteiger partial charge >= 0.3 is 25.8 Å². The minimum absolute atomic E-state index is 0.524. The van der Waals surface area contributed by atoms with Crippen LogP contribution in [0, 0.1) is 0 Å². The molecule has 0 amide bonds. The molecule has 0 N–H and O–H groups in total. The molecule has 1 heterocycles. The SMILES string of the molecule is CCOP1OP(OCC)OP(OCC)O1. The van der Waals surface area contributed by atoms with E-state index >= 15 is 0 Å². The third-order valence-electron chi connectivity index (χ3n) is 1.10. The molecule has 0 saturated carbocycles. The lowest BCUT2D eigenvalue weighted by atomic mass is 10.9. The fraction of sp³-hybridized carbons (Fsp3) is 1.00. The van der Waals surface area contributed by atoms with E-state index in [0.29, 0.717) is 19.8 Å². The summed E-state index contributed by atoms with van der Waals surface area (Å²) in [4.78, 5) is 0. The van der Waals surface area contributed by atoms with Gasteiger partial charge in [0.05, 0.1) is 19.8 Å². The second-order valence-electron chi connectivity index (χ2n) is 2.17. The van der Waals surface area contributed by atoms with E-state index in [2.05, 4.69) is 0 Å². The van der Waals surface area contributed by atoms with Crippen LogP contribution in [0.15, 0.2) is 0 Å². The predicted octanol–water partition coefficient (Wildman–Crippen LogP) is 3.84. The molecule has 6 nitrogen and oxygen atoms in total. The van der Waals surface area contributed by atoms with Crippen molar-refractivity contribution in [3.8, 4) is 0 Å². The van der Waals surface area contributed by atoms with E-state index < -0.39 is 25.8 Å². The van der Waals surface area contributed by atoms with Crippen LogP contribution in [0.1, 0.15) is 20.8 Å². The van der Waals surface area contributed by atoms with Crippen molar-refractivity contribution in [1.29, 1.82) is 0 Å². The van der Waals surface area contributed by atoms with Crippen LogP contribution in [0.25, 0.3) is 0 Å². The van der Waals surface area contributed by atoms with Crippen molar-refractivity contribution in [2.75, 3.05) is 19.8 Å². The smallest absolute Gasteiger partial charge is 0.312 e. The summed E-state index contributed by atoms with van der Waals surface area (Å²) < 4.78 is 31.7. The third-order valence-corrected chi connectivity index (χ3v) is 5.71. The van der Waals surface area contributed by atoms with Gasteiger partial charge in [0.2, 0.25) is 0 Å². The summed E-state index contributed by atoms with van der Waals surface area (Å²) in [6.45, 7) is 7.19. The first-order valence-electron chi connectivity index (χ1n) is 4.63. The van der Waals surface area contributed by atoms with E-state index in [-0.39, 0.29) is 0 Å². The lowest BCUT2D eigenvalue weighted by Gasteiger charge is -2.29. The number of hydrogen-bond acceptors (Lipinski definition) is 6. The van der Waals surface area contributed by atoms with Crippen molar-refractivity contribution in [3.63, 3.8) is 0 Å². The monoisotopic (exact) mass is 276 g/mol. The molecule has 1 fully saturated rings. The molecule has 1 aliphatic heterocycles. The summed E-state index contributed by atoms with van der Waals surface area (Å²) in [6.07, 6.45) is 0. The third kappa shape index (κ3) is 5.27. The van der Waals surface area contributed by atoms with Gasteiger partial charge in [0, 0.05) is 0 Å². The molecule has 0 aromatic heterocycles. The maximum absolute atomic E-state index is 5.32. The molecule has 0 bridgehead atoms. The fourth-order valence-electron chi connectivity index (χ4n) is 0.666. The molecule has 9 heteroatoms. The Bertz CT molecular complexity index is 138. The standard InChI is InChI=1S/C6H15O6P3/c1-4-7-13-10-14(8-5-2)12-15(11-13)9-6-3/h4-6H2,1-3H3. The van der Waals surface area contributed by atoms with E-state index in [4.69, 9.17) is 26.5 Å². The second-order valence-corrected chi connectivity index (χ2v) is 6.24. The first-order chi connectivity index (χ1) is 7.30. The summed E-state index contributed by atoms with van der Waals surface area (Å²) in [6, 6.07) is 0. The van der Waals surface area contributed by atoms with Crippen molar-refractivity contribution >= 4 is 25.8 Å². The van der Waals surface area contributed by atoms with Crippen molar-refractivity contribution in [2.24, 2.45) is 0 Å². The fourth-order valence-corrected chi connectivity index (χ4v) is 4.90. The molecule has 0 spiro atoms. The Morgan fingerprint density at radius 2 is 0.933 bits per heavy atom. The van der Waals surface area contributed by atoms with Crippen molar-refractivity contribution in [3.05, 3.63) is 0 Å². The van der Waals surface area contributed by atoms with Crippen molar-refractivity contribution in [1.82, 2.24) is 0 Å². The number of hydrogen-bond donors (Lipinski definition) is 0. The molecule has 1 saturated heterocycles. The second kappa shape index (κ2) is 8.19. The highest BCUT2D eigenvalue weighted by Crippen LogP contribution is 2.72. The van der Waals surface area contributed by atoms with E-state index in [9.17, 15) is 0 Å². The van der Waals surface area contributed by atoms with Gasteiger partial charge in [0.15, 0.2) is 0 Å². The van der Waals surface area contributed by atoms with Crippen LogP contribution in [-0.4, -0.2) is 19.8 Å². The van der Waals surface area contributed by atoms with E-state index in [0.717, 1.165) is 0 Å². The van der Waals surface area contributed by atoms with Crippen LogP contribution >= 0.6 is 25.8 Å². The van der Waals surface area contributed by atoms with E-state index in [1.165, 1.54) is 0 Å². The van der Waals surface area contributed by atoms with Crippen LogP contribution in [0.3, 0.4) is 0 Å². The zero-order valence-corrected chi connectivity index (χ0v) is 11.6. The summed E-state index contributed by atoms with van der Waals surface area (Å²) >= 11 is 0. The Hall–Kier alpha value is 1.05. The largest absolute Gasteiger partial charge is 0.347 e. The average molecular weight is 276 g/mol. The molecule has 1 rings (SSSR count). The summed E-state index contributed by atoms with van der Waals surface area (Å²) in [7, 11) is -4.17. The highest BCUT2D eigenvalue weighted by Gasteiger charge is 2.36. The van der Waals surface area contributed by atoms with E-state index in [1.807, 2.05) is 20.8 Å². The number of rotatable bonds is 6. The minimum Gasteiger partial charge on any atom is -0.312 e. The highest BCUT2D eigenvalue weighted by molar-refractivity contribution is 7.69. The van der Waals surface area contributed by atoms with Gasteiger partial charge in [-0.1, -0.05) is 0 Å². The molecule has 0 aromatic rings. The Kier molecular flexibility index (Phi) is 7.70. The lowest BCUT2D eigenvalue weighted by Crippen LogP contribution is -2.02. The Morgan fingerprint density at radius 3 is 1.13 bits per heavy atom. The average Bonchev–Trinajstić information content (AvgIpc) is 2.19. The first-order valence-corrected chi connectivity index (χ1v) is 7.92. The van der Waals surface area contributed by atoms with Gasteiger partial charge in [-0.15, -0.1) is 0 Å². The Balaban J connectivity index is 2.40. The van der Waals surface area contributed by atoms with Crippen LogP contribution in [0.2, 0.25) is 0 Å². The van der Waals surface area contributed by atoms with Crippen LogP contribution < -0.4 is 0 Å². The normalized spacial score (nSPS) is 31.8. The Morgan fingerprint density at radius 1 is 0.667 bits per heavy atom. The van der Waals surface area contributed by atoms with Crippen LogP contribution in [0.4, 0.5) is 0 Å². The van der Waals surface area contributed by atoms with Gasteiger partial charge in [-0.2, -0.15) is 0 Å². The van der Waals surface area contributed by atoms with E-state index in [1.54, 1.807) is 0 Å². The van der Waals surface area contributed by atoms with Gasteiger partial charge in [-0.3, -0.25) is 0 Å². The van der Waals surface area contributed by atoms with Gasteiger partial charge in [0.1, 0.15) is 0 Å². The molecule has 1 aliphatic rings. The maximum atomic E-state index is 5.32. The maximum Gasteiger partial charge on any atom is 0.347 e. The summed E-state index contributed by atoms with van der Waals surface area (Å²) in [5.41, 5.74) is 0. The molecule has 90 valence electrons. The summed E-state index contributed by atoms with van der Waals surface area (Å²) in [5.74, 6) is 0. The van der Waals surface area contributed by atoms with Crippen molar-refractivity contribution in [2.45, 2.75) is 20.8 Å². The van der Waals surface area contributed by atoms with Gasteiger partial charge < -0.3 is 13.6 Å². The quantitative estimate of drug-likeness (QED) is 0.687. The zero-order chi connectivity index (χ0) is 11.1. The molecule has 0 atom stereocenters. The molecular formula is C6H15O6P3. The highest BCUT2D eigenvalue weighted by atomic mass is 31.3. The van der Waals surface area contributed by atoms with Gasteiger partial charge in [-0.25, -0.2) is 12.9 Å². The zero-order valence-electron chi connectivity index (χ0n) is 8.91. The molecule has 15 heavy (non-hydrogen) atoms. The molecule has 0 unspecified atom stereocenters. The lowest BCUT2D eigenvalue weighted by molar-refractivity contribution is 0.186. The molecule has 0 radical (unpaired) electrons. The first kappa shape index (κ1) is 14.1. The Labute approximate surface area is 93.5 Å². The van der Waals surface area contributed by atoms with Gasteiger partial charge in [0.25, 0.3) is 0 Å². The van der Waals surface area contributed by atoms with Crippen molar-refractivity contribution < 1.29 is 26.5 Å². The van der Waals surface area contributed by atoms with Crippen LogP contribution in [-0.2, 0) is 26.5 Å². The van der Waals surface area contributed by atoms with Gasteiger partial charge in [-0.05, 0) is 20.8 Å². The van der Waals surface area contributed by atoms with Crippen LogP contribution in [0.5, 0.6) is 0 Å². The molecule has 0 aliphatic carbocycles. The molecular weight excluding hydrogens is 261 g/mol. The topological polar surface area (TPSA) is 55.4 Å². The summed E-state index contributed by atoms with van der Waals surface area (Å²) in [5, 5.41) is 0. The molecule has 0 aromatic carbocycles.